The molecule has 1 N–H and O–H groups in total. The first-order valence-electron chi connectivity index (χ1n) is 6.92. The van der Waals surface area contributed by atoms with Crippen LogP contribution in [-0.2, 0) is 16.2 Å². The molecule has 2 aromatic carbocycles. The zero-order valence-electron chi connectivity index (χ0n) is 12.4. The summed E-state index contributed by atoms with van der Waals surface area (Å²) < 4.78 is 65.9. The Morgan fingerprint density at radius 3 is 2.48 bits per heavy atom. The lowest BCUT2D eigenvalue weighted by Gasteiger charge is -2.13. The number of anilines is 1. The molecule has 0 aliphatic heterocycles. The van der Waals surface area contributed by atoms with Gasteiger partial charge in [0.15, 0.2) is 0 Å². The maximum Gasteiger partial charge on any atom is 0.416 e. The fourth-order valence-electron chi connectivity index (χ4n) is 2.27. The molecule has 3 rings (SSSR count). The minimum Gasteiger partial charge on any atom is -0.278 e. The summed E-state index contributed by atoms with van der Waals surface area (Å²) in [5.74, 6) is 0. The van der Waals surface area contributed by atoms with Crippen molar-refractivity contribution in [2.24, 2.45) is 0 Å². The Bertz CT molecular complexity index is 1050. The lowest BCUT2D eigenvalue weighted by atomic mass is 10.2. The zero-order valence-corrected chi connectivity index (χ0v) is 14.0. The maximum atomic E-state index is 12.8. The lowest BCUT2D eigenvalue weighted by Crippen LogP contribution is -2.15. The molecule has 0 amide bonds. The number of rotatable bonds is 3. The fourth-order valence-corrected chi connectivity index (χ4v) is 3.74. The van der Waals surface area contributed by atoms with Crippen molar-refractivity contribution in [1.82, 2.24) is 4.98 Å². The number of hydrogen-bond acceptors (Lipinski definition) is 3. The van der Waals surface area contributed by atoms with Gasteiger partial charge in [-0.05, 0) is 30.3 Å². The number of alkyl halides is 3. The molecule has 0 aliphatic carbocycles. The van der Waals surface area contributed by atoms with Gasteiger partial charge in [-0.1, -0.05) is 29.8 Å². The molecule has 0 aliphatic rings. The van der Waals surface area contributed by atoms with Crippen LogP contribution in [0.3, 0.4) is 0 Å². The molecule has 0 saturated heterocycles. The number of sulfonamides is 1. The van der Waals surface area contributed by atoms with E-state index in [1.54, 1.807) is 18.2 Å². The molecule has 0 atom stereocenters. The van der Waals surface area contributed by atoms with E-state index in [9.17, 15) is 21.6 Å². The number of benzene rings is 2. The van der Waals surface area contributed by atoms with E-state index in [4.69, 9.17) is 11.6 Å². The van der Waals surface area contributed by atoms with Gasteiger partial charge >= 0.3 is 6.18 Å². The van der Waals surface area contributed by atoms with Crippen molar-refractivity contribution >= 4 is 38.2 Å². The number of para-hydroxylation sites is 1. The predicted molar refractivity (Wildman–Crippen MR) is 89.0 cm³/mol. The Morgan fingerprint density at radius 1 is 1.04 bits per heavy atom. The Balaban J connectivity index is 2.08. The molecule has 0 saturated carbocycles. The van der Waals surface area contributed by atoms with Gasteiger partial charge in [0.1, 0.15) is 4.90 Å². The number of aromatic nitrogens is 1. The summed E-state index contributed by atoms with van der Waals surface area (Å²) in [5, 5.41) is 0.435. The van der Waals surface area contributed by atoms with E-state index in [0.717, 1.165) is 12.1 Å². The number of nitrogens with one attached hydrogen (secondary N) is 1. The first-order chi connectivity index (χ1) is 11.7. The molecule has 0 bridgehead atoms. The van der Waals surface area contributed by atoms with Crippen LogP contribution in [0.4, 0.5) is 18.9 Å². The lowest BCUT2D eigenvalue weighted by molar-refractivity contribution is -0.137. The van der Waals surface area contributed by atoms with Crippen LogP contribution >= 0.6 is 11.6 Å². The molecular weight excluding hydrogens is 377 g/mol. The number of nitrogens with zero attached hydrogens (tertiary/aromatic N) is 1. The van der Waals surface area contributed by atoms with Crippen LogP contribution in [0.15, 0.2) is 59.6 Å². The summed E-state index contributed by atoms with van der Waals surface area (Å²) in [5.41, 5.74) is -1.16. The van der Waals surface area contributed by atoms with Gasteiger partial charge in [0.05, 0.1) is 21.8 Å². The SMILES string of the molecule is O=S(=O)(Nc1cc(C(F)(F)F)ccc1Cl)c1cccc2cccnc12. The molecule has 1 aromatic heterocycles. The van der Waals surface area contributed by atoms with E-state index in [-0.39, 0.29) is 21.1 Å². The van der Waals surface area contributed by atoms with Crippen LogP contribution in [0.1, 0.15) is 5.56 Å². The van der Waals surface area contributed by atoms with Crippen LogP contribution in [0.5, 0.6) is 0 Å². The van der Waals surface area contributed by atoms with E-state index in [2.05, 4.69) is 9.71 Å². The quantitative estimate of drug-likeness (QED) is 0.709. The summed E-state index contributed by atoms with van der Waals surface area (Å²) in [7, 11) is -4.19. The first-order valence-corrected chi connectivity index (χ1v) is 8.78. The highest BCUT2D eigenvalue weighted by Gasteiger charge is 2.31. The monoisotopic (exact) mass is 386 g/mol. The highest BCUT2D eigenvalue weighted by molar-refractivity contribution is 7.93. The molecule has 0 fully saturated rings. The summed E-state index contributed by atoms with van der Waals surface area (Å²) in [6, 6.07) is 10.3. The molecule has 0 spiro atoms. The third-order valence-electron chi connectivity index (χ3n) is 3.42. The van der Waals surface area contributed by atoms with E-state index in [1.807, 2.05) is 0 Å². The Hall–Kier alpha value is -2.32. The summed E-state index contributed by atoms with van der Waals surface area (Å²) in [6.07, 6.45) is -3.19. The second kappa shape index (κ2) is 6.20. The third kappa shape index (κ3) is 3.54. The molecule has 25 heavy (non-hydrogen) atoms. The summed E-state index contributed by atoms with van der Waals surface area (Å²) in [4.78, 5) is 3.88. The normalized spacial score (nSPS) is 12.3. The Kier molecular flexibility index (Phi) is 4.34. The third-order valence-corrected chi connectivity index (χ3v) is 5.15. The average molecular weight is 387 g/mol. The molecule has 0 unspecified atom stereocenters. The van der Waals surface area contributed by atoms with E-state index < -0.39 is 21.8 Å². The van der Waals surface area contributed by atoms with Gasteiger partial charge in [-0.2, -0.15) is 13.2 Å². The van der Waals surface area contributed by atoms with Crippen LogP contribution < -0.4 is 4.72 Å². The van der Waals surface area contributed by atoms with Crippen molar-refractivity contribution in [3.05, 3.63) is 65.3 Å². The molecule has 130 valence electrons. The van der Waals surface area contributed by atoms with Crippen molar-refractivity contribution < 1.29 is 21.6 Å². The van der Waals surface area contributed by atoms with Crippen molar-refractivity contribution in [3.8, 4) is 0 Å². The fraction of sp³-hybridized carbons (Fsp3) is 0.0625. The van der Waals surface area contributed by atoms with Crippen molar-refractivity contribution in [1.29, 1.82) is 0 Å². The maximum absolute atomic E-state index is 12.8. The van der Waals surface area contributed by atoms with E-state index in [0.29, 0.717) is 11.5 Å². The zero-order chi connectivity index (χ0) is 18.2. The minimum atomic E-state index is -4.62. The molecule has 4 nitrogen and oxygen atoms in total. The molecule has 1 heterocycles. The standard InChI is InChI=1S/C16H10ClF3N2O2S/c17-12-7-6-11(16(18,19)20)9-13(12)22-25(23,24)14-5-1-3-10-4-2-8-21-15(10)14/h1-9,22H. The molecule has 3 aromatic rings. The van der Waals surface area contributed by atoms with E-state index >= 15 is 0 Å². The van der Waals surface area contributed by atoms with Gasteiger partial charge in [-0.3, -0.25) is 9.71 Å². The van der Waals surface area contributed by atoms with Gasteiger partial charge in [-0.15, -0.1) is 0 Å². The number of hydrogen-bond donors (Lipinski definition) is 1. The van der Waals surface area contributed by atoms with Crippen molar-refractivity contribution in [2.45, 2.75) is 11.1 Å². The van der Waals surface area contributed by atoms with Crippen LogP contribution in [-0.4, -0.2) is 13.4 Å². The smallest absolute Gasteiger partial charge is 0.278 e. The van der Waals surface area contributed by atoms with Crippen molar-refractivity contribution in [2.75, 3.05) is 4.72 Å². The predicted octanol–water partition coefficient (Wildman–Crippen LogP) is 4.71. The highest BCUT2D eigenvalue weighted by atomic mass is 35.5. The molecule has 0 radical (unpaired) electrons. The van der Waals surface area contributed by atoms with Crippen LogP contribution in [0.2, 0.25) is 5.02 Å². The second-order valence-corrected chi connectivity index (χ2v) is 7.19. The summed E-state index contributed by atoms with van der Waals surface area (Å²) >= 11 is 5.85. The largest absolute Gasteiger partial charge is 0.416 e. The van der Waals surface area contributed by atoms with Gasteiger partial charge in [0.2, 0.25) is 0 Å². The van der Waals surface area contributed by atoms with E-state index in [1.165, 1.54) is 18.3 Å². The van der Waals surface area contributed by atoms with Crippen LogP contribution in [0, 0.1) is 0 Å². The van der Waals surface area contributed by atoms with Crippen LogP contribution in [0.25, 0.3) is 10.9 Å². The van der Waals surface area contributed by atoms with Gasteiger partial charge < -0.3 is 0 Å². The topological polar surface area (TPSA) is 59.1 Å². The molecule has 9 heteroatoms. The number of pyridine rings is 1. The average Bonchev–Trinajstić information content (AvgIpc) is 2.55. The molecular formula is C16H10ClF3N2O2S. The Morgan fingerprint density at radius 2 is 1.76 bits per heavy atom. The van der Waals surface area contributed by atoms with Gasteiger partial charge in [0, 0.05) is 11.6 Å². The first kappa shape index (κ1) is 17.5. The van der Waals surface area contributed by atoms with Gasteiger partial charge in [-0.25, -0.2) is 8.42 Å². The number of fused-ring (bicyclic) bond motifs is 1. The minimum absolute atomic E-state index is 0.148. The summed E-state index contributed by atoms with van der Waals surface area (Å²) in [6.45, 7) is 0. The van der Waals surface area contributed by atoms with Crippen molar-refractivity contribution in [3.63, 3.8) is 0 Å². The highest BCUT2D eigenvalue weighted by Crippen LogP contribution is 2.35. The number of halogens is 4. The van der Waals surface area contributed by atoms with Gasteiger partial charge in [0.25, 0.3) is 10.0 Å². The Labute approximate surface area is 146 Å². The second-order valence-electron chi connectivity index (χ2n) is 5.13.